The number of hydrogen-bond donors (Lipinski definition) is 1. The van der Waals surface area contributed by atoms with E-state index in [0.29, 0.717) is 0 Å². The second-order valence-electron chi connectivity index (χ2n) is 4.58. The fraction of sp³-hybridized carbons (Fsp3) is 0.200. The topological polar surface area (TPSA) is 34.4 Å². The Hall–Kier alpha value is -2.16. The van der Waals surface area contributed by atoms with Crippen LogP contribution >= 0.6 is 0 Å². The van der Waals surface area contributed by atoms with E-state index in [9.17, 15) is 0 Å². The lowest BCUT2D eigenvalue weighted by molar-refractivity contribution is 0.292. The Morgan fingerprint density at radius 2 is 2.11 bits per heavy atom. The maximum absolute atomic E-state index is 5.90. The van der Waals surface area contributed by atoms with E-state index in [0.717, 1.165) is 22.5 Å². The highest BCUT2D eigenvalue weighted by Gasteiger charge is 2.28. The average Bonchev–Trinajstić information content (AvgIpc) is 2.84. The number of para-hydroxylation sites is 1. The summed E-state index contributed by atoms with van der Waals surface area (Å²) in [4.78, 5) is 0. The first-order valence-electron chi connectivity index (χ1n) is 5.91. The Morgan fingerprint density at radius 3 is 2.78 bits per heavy atom. The molecule has 1 N–H and O–H groups in total. The number of nitrogens with one attached hydrogen (secondary N) is 1. The lowest BCUT2D eigenvalue weighted by Gasteiger charge is -2.27. The number of furan rings is 1. The molecule has 1 aromatic carbocycles. The van der Waals surface area contributed by atoms with Crippen LogP contribution in [0.15, 0.2) is 58.9 Å². The second-order valence-corrected chi connectivity index (χ2v) is 4.58. The predicted octanol–water partition coefficient (Wildman–Crippen LogP) is 3.30. The van der Waals surface area contributed by atoms with Gasteiger partial charge in [0.25, 0.3) is 0 Å². The van der Waals surface area contributed by atoms with Crippen LogP contribution in [0.4, 0.5) is 0 Å². The number of rotatable bonds is 2. The number of allylic oxidation sites excluding steroid dienone is 1. The van der Waals surface area contributed by atoms with Crippen LogP contribution in [0.2, 0.25) is 0 Å². The van der Waals surface area contributed by atoms with Gasteiger partial charge in [0.2, 0.25) is 0 Å². The first-order valence-corrected chi connectivity index (χ1v) is 5.91. The van der Waals surface area contributed by atoms with Crippen LogP contribution in [-0.2, 0) is 10.3 Å². The van der Waals surface area contributed by atoms with Gasteiger partial charge in [-0.1, -0.05) is 18.2 Å². The SMILES string of the molecule is COC1=CNC(C)(c2cc3ccccc3o2)C=C1. The average molecular weight is 241 g/mol. The van der Waals surface area contributed by atoms with Gasteiger partial charge in [-0.3, -0.25) is 0 Å². The second kappa shape index (κ2) is 3.95. The van der Waals surface area contributed by atoms with Crippen LogP contribution in [0.3, 0.4) is 0 Å². The molecule has 0 saturated carbocycles. The van der Waals surface area contributed by atoms with Gasteiger partial charge in [0, 0.05) is 11.6 Å². The molecule has 0 fully saturated rings. The van der Waals surface area contributed by atoms with Gasteiger partial charge in [-0.05, 0) is 31.2 Å². The molecule has 3 heteroatoms. The van der Waals surface area contributed by atoms with E-state index in [1.165, 1.54) is 0 Å². The summed E-state index contributed by atoms with van der Waals surface area (Å²) in [5.74, 6) is 1.70. The molecule has 0 amide bonds. The van der Waals surface area contributed by atoms with Gasteiger partial charge in [0.05, 0.1) is 7.11 Å². The van der Waals surface area contributed by atoms with Gasteiger partial charge < -0.3 is 14.5 Å². The number of hydrogen-bond acceptors (Lipinski definition) is 3. The van der Waals surface area contributed by atoms with E-state index in [1.54, 1.807) is 7.11 Å². The zero-order chi connectivity index (χ0) is 12.6. The van der Waals surface area contributed by atoms with Crippen LogP contribution in [0, 0.1) is 0 Å². The summed E-state index contributed by atoms with van der Waals surface area (Å²) in [6, 6.07) is 10.1. The molecule has 0 aliphatic carbocycles. The molecule has 1 atom stereocenters. The third-order valence-corrected chi connectivity index (χ3v) is 3.27. The minimum absolute atomic E-state index is 0.332. The van der Waals surface area contributed by atoms with Gasteiger partial charge in [0.1, 0.15) is 22.6 Å². The summed E-state index contributed by atoms with van der Waals surface area (Å²) in [6.07, 6.45) is 5.85. The maximum atomic E-state index is 5.90. The van der Waals surface area contributed by atoms with Gasteiger partial charge in [-0.15, -0.1) is 0 Å². The Labute approximate surface area is 106 Å². The van der Waals surface area contributed by atoms with Crippen LogP contribution in [0.25, 0.3) is 11.0 Å². The van der Waals surface area contributed by atoms with Crippen molar-refractivity contribution in [2.45, 2.75) is 12.5 Å². The lowest BCUT2D eigenvalue weighted by Crippen LogP contribution is -2.35. The third-order valence-electron chi connectivity index (χ3n) is 3.27. The summed E-state index contributed by atoms with van der Waals surface area (Å²) in [6.45, 7) is 2.07. The molecule has 1 aliphatic rings. The molecule has 0 saturated heterocycles. The standard InChI is InChI=1S/C15H15NO2/c1-15(8-7-12(17-2)10-16-15)14-9-11-5-3-4-6-13(11)18-14/h3-10,16H,1-2H3. The molecule has 2 aromatic rings. The normalized spacial score (nSPS) is 22.7. The number of methoxy groups -OCH3 is 1. The van der Waals surface area contributed by atoms with Crippen LogP contribution in [-0.4, -0.2) is 7.11 Å². The highest BCUT2D eigenvalue weighted by Crippen LogP contribution is 2.31. The van der Waals surface area contributed by atoms with Gasteiger partial charge >= 0.3 is 0 Å². The van der Waals surface area contributed by atoms with Crippen LogP contribution in [0.1, 0.15) is 12.7 Å². The van der Waals surface area contributed by atoms with Crippen molar-refractivity contribution in [3.63, 3.8) is 0 Å². The summed E-state index contributed by atoms with van der Waals surface area (Å²) in [5.41, 5.74) is 0.576. The largest absolute Gasteiger partial charge is 0.495 e. The maximum Gasteiger partial charge on any atom is 0.134 e. The quantitative estimate of drug-likeness (QED) is 0.876. The molecule has 0 spiro atoms. The summed E-state index contributed by atoms with van der Waals surface area (Å²) in [7, 11) is 1.65. The highest BCUT2D eigenvalue weighted by atomic mass is 16.5. The zero-order valence-corrected chi connectivity index (χ0v) is 10.4. The summed E-state index contributed by atoms with van der Waals surface area (Å²) in [5, 5.41) is 4.42. The third kappa shape index (κ3) is 1.68. The van der Waals surface area contributed by atoms with E-state index < -0.39 is 0 Å². The fourth-order valence-electron chi connectivity index (χ4n) is 2.08. The summed E-state index contributed by atoms with van der Waals surface area (Å²) >= 11 is 0. The van der Waals surface area contributed by atoms with E-state index in [2.05, 4.69) is 24.4 Å². The first-order chi connectivity index (χ1) is 8.71. The molecule has 1 aliphatic heterocycles. The van der Waals surface area contributed by atoms with Crippen molar-refractivity contribution in [3.8, 4) is 0 Å². The molecule has 2 heterocycles. The molecular formula is C15H15NO2. The van der Waals surface area contributed by atoms with E-state index in [4.69, 9.17) is 9.15 Å². The van der Waals surface area contributed by atoms with Crippen molar-refractivity contribution >= 4 is 11.0 Å². The number of fused-ring (bicyclic) bond motifs is 1. The molecule has 0 radical (unpaired) electrons. The minimum atomic E-state index is -0.332. The number of dihydropyridines is 1. The van der Waals surface area contributed by atoms with Crippen LogP contribution < -0.4 is 5.32 Å². The van der Waals surface area contributed by atoms with Crippen molar-refractivity contribution in [2.75, 3.05) is 7.11 Å². The smallest absolute Gasteiger partial charge is 0.134 e. The molecule has 3 nitrogen and oxygen atoms in total. The Morgan fingerprint density at radius 1 is 1.28 bits per heavy atom. The van der Waals surface area contributed by atoms with Gasteiger partial charge in [0.15, 0.2) is 0 Å². The number of benzene rings is 1. The monoisotopic (exact) mass is 241 g/mol. The molecule has 0 bridgehead atoms. The first kappa shape index (κ1) is 11.0. The fourth-order valence-corrected chi connectivity index (χ4v) is 2.08. The summed E-state index contributed by atoms with van der Waals surface area (Å²) < 4.78 is 11.1. The molecule has 3 rings (SSSR count). The molecular weight excluding hydrogens is 226 g/mol. The molecule has 18 heavy (non-hydrogen) atoms. The van der Waals surface area contributed by atoms with Gasteiger partial charge in [-0.25, -0.2) is 0 Å². The van der Waals surface area contributed by atoms with E-state index in [-0.39, 0.29) is 5.54 Å². The predicted molar refractivity (Wildman–Crippen MR) is 70.9 cm³/mol. The Kier molecular flexibility index (Phi) is 2.40. The van der Waals surface area contributed by atoms with Crippen LogP contribution in [0.5, 0.6) is 0 Å². The van der Waals surface area contributed by atoms with Crippen molar-refractivity contribution in [1.29, 1.82) is 0 Å². The zero-order valence-electron chi connectivity index (χ0n) is 10.4. The van der Waals surface area contributed by atoms with Crippen molar-refractivity contribution in [1.82, 2.24) is 5.32 Å². The van der Waals surface area contributed by atoms with E-state index in [1.807, 2.05) is 36.6 Å². The lowest BCUT2D eigenvalue weighted by atomic mass is 9.96. The van der Waals surface area contributed by atoms with E-state index >= 15 is 0 Å². The highest BCUT2D eigenvalue weighted by molar-refractivity contribution is 5.78. The van der Waals surface area contributed by atoms with Crippen molar-refractivity contribution in [3.05, 3.63) is 60.2 Å². The number of ether oxygens (including phenoxy) is 1. The molecule has 92 valence electrons. The molecule has 1 aromatic heterocycles. The minimum Gasteiger partial charge on any atom is -0.495 e. The molecule has 1 unspecified atom stereocenters. The van der Waals surface area contributed by atoms with Crippen molar-refractivity contribution < 1.29 is 9.15 Å². The van der Waals surface area contributed by atoms with Crippen molar-refractivity contribution in [2.24, 2.45) is 0 Å². The Bertz CT molecular complexity index is 606. The Balaban J connectivity index is 2.00. The van der Waals surface area contributed by atoms with Gasteiger partial charge in [-0.2, -0.15) is 0 Å².